The predicted molar refractivity (Wildman–Crippen MR) is 294 cm³/mol. The molecule has 4 heterocycles. The molecule has 1 unspecified atom stereocenters. The quantitative estimate of drug-likeness (QED) is 0.0621. The number of β-amino-alcohol motifs (C(OH)–C–C–N with tert-alkyl or cyclic N) is 1. The molecule has 404 valence electrons. The number of pyridine rings is 1. The van der Waals surface area contributed by atoms with Gasteiger partial charge in [-0.15, -0.1) is 11.3 Å². The summed E-state index contributed by atoms with van der Waals surface area (Å²) in [5.41, 5.74) is 5.13. The van der Waals surface area contributed by atoms with Crippen LogP contribution in [0.1, 0.15) is 139 Å². The number of rotatable bonds is 20. The fraction of sp³-hybridized carbons (Fsp3) is 0.569. The highest BCUT2D eigenvalue weighted by atomic mass is 35.5. The summed E-state index contributed by atoms with van der Waals surface area (Å²) in [4.78, 5) is 71.8. The van der Waals surface area contributed by atoms with E-state index >= 15 is 0 Å². The van der Waals surface area contributed by atoms with E-state index in [1.54, 1.807) is 41.8 Å². The maximum absolute atomic E-state index is 14.3. The number of carbonyl (C=O) groups is 4. The number of aliphatic hydroxyl groups excluding tert-OH is 1. The van der Waals surface area contributed by atoms with Crippen molar-refractivity contribution >= 4 is 46.6 Å². The Balaban J connectivity index is 0.879. The Labute approximate surface area is 453 Å². The van der Waals surface area contributed by atoms with Crippen LogP contribution in [-0.2, 0) is 20.8 Å². The highest BCUT2D eigenvalue weighted by molar-refractivity contribution is 7.13. The largest absolute Gasteiger partial charge is 0.489 e. The average Bonchev–Trinajstić information content (AvgIpc) is 3.99. The van der Waals surface area contributed by atoms with Crippen LogP contribution in [0.3, 0.4) is 0 Å². The number of carbonyl (C=O) groups excluding carboxylic acids is 4. The van der Waals surface area contributed by atoms with E-state index in [2.05, 4.69) is 76.5 Å². The summed E-state index contributed by atoms with van der Waals surface area (Å²) >= 11 is 7.86. The van der Waals surface area contributed by atoms with Gasteiger partial charge >= 0.3 is 0 Å². The van der Waals surface area contributed by atoms with Crippen LogP contribution in [0.4, 0.5) is 0 Å². The summed E-state index contributed by atoms with van der Waals surface area (Å²) in [7, 11) is 2.15. The van der Waals surface area contributed by atoms with E-state index in [0.29, 0.717) is 34.5 Å². The number of thiazole rings is 1. The molecule has 2 aromatic heterocycles. The van der Waals surface area contributed by atoms with Crippen LogP contribution in [0.25, 0.3) is 10.4 Å². The van der Waals surface area contributed by atoms with Crippen molar-refractivity contribution in [3.05, 3.63) is 99.4 Å². The zero-order valence-corrected chi connectivity index (χ0v) is 47.1. The molecule has 1 saturated carbocycles. The molecule has 2 aromatic carbocycles. The zero-order valence-electron chi connectivity index (χ0n) is 45.5. The van der Waals surface area contributed by atoms with E-state index in [1.807, 2.05) is 70.5 Å². The molecule has 7 rings (SSSR count). The highest BCUT2D eigenvalue weighted by Crippen LogP contribution is 2.55. The number of aliphatic hydroxyl groups is 1. The maximum atomic E-state index is 14.3. The molecule has 4 aromatic rings. The number of nitrogens with zero attached hydrogens (tertiary/aromatic N) is 6. The second-order valence-corrected chi connectivity index (χ2v) is 24.6. The number of halogens is 1. The van der Waals surface area contributed by atoms with Crippen molar-refractivity contribution in [2.24, 2.45) is 16.2 Å². The van der Waals surface area contributed by atoms with Gasteiger partial charge in [0.1, 0.15) is 35.7 Å². The summed E-state index contributed by atoms with van der Waals surface area (Å²) in [6, 6.07) is 17.0. The summed E-state index contributed by atoms with van der Waals surface area (Å²) in [6.07, 6.45) is 6.32. The molecule has 5 atom stereocenters. The van der Waals surface area contributed by atoms with Crippen molar-refractivity contribution in [3.63, 3.8) is 0 Å². The van der Waals surface area contributed by atoms with Crippen molar-refractivity contribution in [3.8, 4) is 22.3 Å². The van der Waals surface area contributed by atoms with Crippen LogP contribution >= 0.6 is 22.9 Å². The number of amides is 4. The minimum absolute atomic E-state index is 0.0131. The number of likely N-dealkylation sites (N-methyl/N-ethyl adjacent to an activating group) is 1. The Hall–Kier alpha value is -5.44. The summed E-state index contributed by atoms with van der Waals surface area (Å²) in [5, 5.41) is 29.7. The molecule has 17 heteroatoms. The van der Waals surface area contributed by atoms with E-state index in [-0.39, 0.29) is 61.2 Å². The van der Waals surface area contributed by atoms with Gasteiger partial charge in [-0.05, 0) is 93.3 Å². The number of benzene rings is 2. The predicted octanol–water partition coefficient (Wildman–Crippen LogP) is 8.52. The first-order valence-electron chi connectivity index (χ1n) is 26.6. The molecule has 15 nitrogen and oxygen atoms in total. The summed E-state index contributed by atoms with van der Waals surface area (Å²) in [6.45, 7) is 21.9. The molecular weight excluding hydrogens is 986 g/mol. The lowest BCUT2D eigenvalue weighted by Crippen LogP contribution is -2.74. The molecule has 75 heavy (non-hydrogen) atoms. The monoisotopic (exact) mass is 1060 g/mol. The molecule has 0 bridgehead atoms. The minimum Gasteiger partial charge on any atom is -0.489 e. The average molecular weight is 1060 g/mol. The lowest BCUT2D eigenvalue weighted by molar-refractivity contribution is -0.164. The smallest absolute Gasteiger partial charge is 0.270 e. The third kappa shape index (κ3) is 13.8. The number of aryl methyl sites for hydroxylation is 2. The van der Waals surface area contributed by atoms with Gasteiger partial charge in [-0.25, -0.2) is 4.98 Å². The molecule has 3 fully saturated rings. The van der Waals surface area contributed by atoms with Gasteiger partial charge in [0.15, 0.2) is 0 Å². The van der Waals surface area contributed by atoms with Crippen molar-refractivity contribution in [1.82, 2.24) is 40.6 Å². The van der Waals surface area contributed by atoms with E-state index < -0.39 is 34.4 Å². The first kappa shape index (κ1) is 57.3. The molecule has 0 radical (unpaired) electrons. The number of aromatic nitrogens is 2. The van der Waals surface area contributed by atoms with Gasteiger partial charge in [0, 0.05) is 80.7 Å². The highest BCUT2D eigenvalue weighted by Gasteiger charge is 2.64. The molecule has 0 spiro atoms. The fourth-order valence-electron chi connectivity index (χ4n) is 11.7. The van der Waals surface area contributed by atoms with Gasteiger partial charge in [0.05, 0.1) is 38.8 Å². The Morgan fingerprint density at radius 3 is 2.25 bits per heavy atom. The summed E-state index contributed by atoms with van der Waals surface area (Å²) < 4.78 is 6.40. The number of nitriles is 1. The van der Waals surface area contributed by atoms with E-state index in [1.165, 1.54) is 4.90 Å². The Morgan fingerprint density at radius 1 is 0.947 bits per heavy atom. The van der Waals surface area contributed by atoms with Gasteiger partial charge in [-0.3, -0.25) is 29.1 Å². The molecule has 4 amide bonds. The van der Waals surface area contributed by atoms with E-state index in [4.69, 9.17) is 16.3 Å². The zero-order chi connectivity index (χ0) is 54.4. The third-order valence-electron chi connectivity index (χ3n) is 15.8. The SMILES string of the molecule is Cc1ncsc1-c1ccc([C@H](C)NC(=O)[C@@H]2C[C@@H](O)CN2C(=O)[C@@H](NC(=O)CCCCC(CCCc2ccc(C(=O)NC3C(C)(C)C(Oc4ccc(C#N)c(Cl)c4)C3(C)C)nc2)N2CCN(C)CC2)C(C)(C)C)cc1. The Morgan fingerprint density at radius 2 is 1.64 bits per heavy atom. The standard InChI is InChI=1S/C58H78ClN9O6S/c1-36(39-19-21-40(22-20-39)49-37(2)62-35-75-49)63-52(72)47-30-43(69)34-68(47)53(73)50(56(3,4)5)64-48(70)17-12-11-15-42(67-28-26-66(10)27-29-67)16-13-14-38-18-25-46(61-33-38)51(71)65-54-57(6,7)55(58(54,8)9)74-44-24-23-41(32-60)45(59)31-44/h18-25,31,33,35-36,42-43,47,50,54-55,69H,11-17,26-30,34H2,1-10H3,(H,63,72)(H,64,70)(H,65,71)/t36-,42?,43+,47-,50+,54?,55?/m0/s1. The lowest BCUT2D eigenvalue weighted by atomic mass is 9.49. The number of hydrogen-bond acceptors (Lipinski definition) is 12. The van der Waals surface area contributed by atoms with Gasteiger partial charge in [-0.2, -0.15) is 5.26 Å². The van der Waals surface area contributed by atoms with Crippen molar-refractivity contribution in [2.75, 3.05) is 39.8 Å². The van der Waals surface area contributed by atoms with Crippen LogP contribution < -0.4 is 20.7 Å². The number of likely N-dealkylation sites (tertiary alicyclic amines) is 1. The normalized spacial score (nSPS) is 21.8. The molecule has 1 aliphatic carbocycles. The molecule has 3 aliphatic rings. The van der Waals surface area contributed by atoms with Gasteiger partial charge in [-0.1, -0.05) is 96.8 Å². The number of nitrogens with one attached hydrogen (secondary N) is 3. The number of unbranched alkanes of at least 4 members (excludes halogenated alkanes) is 1. The molecule has 4 N–H and O–H groups in total. The Bertz CT molecular complexity index is 2660. The van der Waals surface area contributed by atoms with Crippen molar-refractivity contribution in [1.29, 1.82) is 5.26 Å². The topological polar surface area (TPSA) is 193 Å². The third-order valence-corrected chi connectivity index (χ3v) is 17.1. The second-order valence-electron chi connectivity index (χ2n) is 23.4. The van der Waals surface area contributed by atoms with Crippen molar-refractivity contribution < 1.29 is 29.0 Å². The second kappa shape index (κ2) is 24.3. The fourth-order valence-corrected chi connectivity index (χ4v) is 12.7. The van der Waals surface area contributed by atoms with Crippen LogP contribution in [0.15, 0.2) is 66.3 Å². The first-order valence-corrected chi connectivity index (χ1v) is 27.9. The van der Waals surface area contributed by atoms with Crippen molar-refractivity contribution in [2.45, 2.75) is 156 Å². The minimum atomic E-state index is -0.889. The number of ether oxygens (including phenoxy) is 1. The van der Waals surface area contributed by atoms with Crippen LogP contribution in [-0.4, -0.2) is 130 Å². The van der Waals surface area contributed by atoms with E-state index in [0.717, 1.165) is 85.5 Å². The van der Waals surface area contributed by atoms with Crippen LogP contribution in [0.5, 0.6) is 5.75 Å². The first-order chi connectivity index (χ1) is 35.5. The number of piperazine rings is 1. The molecular formula is C58H78ClN9O6S. The maximum Gasteiger partial charge on any atom is 0.270 e. The molecule has 2 aliphatic heterocycles. The van der Waals surface area contributed by atoms with Gasteiger partial charge < -0.3 is 35.6 Å². The summed E-state index contributed by atoms with van der Waals surface area (Å²) in [5.74, 6) is -0.576. The van der Waals surface area contributed by atoms with Crippen LogP contribution in [0, 0.1) is 34.5 Å². The molecule has 2 saturated heterocycles. The lowest BCUT2D eigenvalue weighted by Gasteiger charge is -2.63. The van der Waals surface area contributed by atoms with Gasteiger partial charge in [0.25, 0.3) is 5.91 Å². The Kier molecular flexibility index (Phi) is 18.5. The van der Waals surface area contributed by atoms with Gasteiger partial charge in [0.2, 0.25) is 17.7 Å². The van der Waals surface area contributed by atoms with Crippen LogP contribution in [0.2, 0.25) is 5.02 Å². The van der Waals surface area contributed by atoms with E-state index in [9.17, 15) is 29.5 Å². The number of hydrogen-bond donors (Lipinski definition) is 4.